The van der Waals surface area contributed by atoms with Crippen LogP contribution in [0.1, 0.15) is 13.8 Å². The number of anilines is 1. The molecule has 0 unspecified atom stereocenters. The Morgan fingerprint density at radius 3 is 2.64 bits per heavy atom. The fourth-order valence-corrected chi connectivity index (χ4v) is 0.991. The number of nitrogens with zero attached hydrogens (tertiary/aromatic N) is 4. The number of hydrogen-bond acceptors (Lipinski definition) is 2. The fraction of sp³-hybridized carbons (Fsp3) is 0.444. The minimum atomic E-state index is 0.220. The zero-order chi connectivity index (χ0) is 10.7. The first-order valence-electron chi connectivity index (χ1n) is 4.33. The highest BCUT2D eigenvalue weighted by Gasteiger charge is 2.07. The Hall–Kier alpha value is -1.65. The van der Waals surface area contributed by atoms with Gasteiger partial charge in [-0.15, -0.1) is 0 Å². The molecule has 0 fully saturated rings. The maximum absolute atomic E-state index is 7.67. The summed E-state index contributed by atoms with van der Waals surface area (Å²) in [5.41, 5.74) is 1.73. The minimum Gasteiger partial charge on any atom is -0.311 e. The standard InChI is InChI=1S/C9H15N5/c1-7(2)12-9(10)14(4)8-5-11-13(3)6-8/h5-6,10H,1-4H3. The van der Waals surface area contributed by atoms with E-state index in [0.29, 0.717) is 0 Å². The first kappa shape index (κ1) is 10.4. The Morgan fingerprint density at radius 1 is 1.57 bits per heavy atom. The van der Waals surface area contributed by atoms with Gasteiger partial charge in [0.2, 0.25) is 5.96 Å². The van der Waals surface area contributed by atoms with Crippen molar-refractivity contribution in [1.82, 2.24) is 9.78 Å². The summed E-state index contributed by atoms with van der Waals surface area (Å²) in [6.07, 6.45) is 3.55. The van der Waals surface area contributed by atoms with Crippen LogP contribution in [0.2, 0.25) is 0 Å². The van der Waals surface area contributed by atoms with Gasteiger partial charge >= 0.3 is 0 Å². The van der Waals surface area contributed by atoms with Crippen molar-refractivity contribution in [2.24, 2.45) is 12.0 Å². The number of hydrogen-bond donors (Lipinski definition) is 1. The third-order valence-electron chi connectivity index (χ3n) is 1.73. The van der Waals surface area contributed by atoms with Crippen molar-refractivity contribution in [3.8, 4) is 0 Å². The van der Waals surface area contributed by atoms with Gasteiger partial charge < -0.3 is 4.90 Å². The lowest BCUT2D eigenvalue weighted by Gasteiger charge is -2.14. The third-order valence-corrected chi connectivity index (χ3v) is 1.73. The van der Waals surface area contributed by atoms with Crippen molar-refractivity contribution in [1.29, 1.82) is 5.41 Å². The van der Waals surface area contributed by atoms with Gasteiger partial charge in [0.15, 0.2) is 0 Å². The summed E-state index contributed by atoms with van der Waals surface area (Å²) in [7, 11) is 3.64. The average molecular weight is 193 g/mol. The lowest BCUT2D eigenvalue weighted by Crippen LogP contribution is -2.23. The van der Waals surface area contributed by atoms with Crippen molar-refractivity contribution in [3.05, 3.63) is 12.4 Å². The van der Waals surface area contributed by atoms with E-state index in [1.54, 1.807) is 22.8 Å². The van der Waals surface area contributed by atoms with Gasteiger partial charge in [-0.2, -0.15) is 5.10 Å². The van der Waals surface area contributed by atoms with E-state index in [1.165, 1.54) is 0 Å². The first-order valence-corrected chi connectivity index (χ1v) is 4.33. The molecule has 0 saturated carbocycles. The Kier molecular flexibility index (Phi) is 3.01. The van der Waals surface area contributed by atoms with E-state index in [4.69, 9.17) is 5.41 Å². The Morgan fingerprint density at radius 2 is 2.21 bits per heavy atom. The lowest BCUT2D eigenvalue weighted by atomic mass is 10.5. The molecule has 1 rings (SSSR count). The van der Waals surface area contributed by atoms with E-state index in [0.717, 1.165) is 11.4 Å². The van der Waals surface area contributed by atoms with E-state index in [2.05, 4.69) is 10.1 Å². The molecule has 14 heavy (non-hydrogen) atoms. The predicted octanol–water partition coefficient (Wildman–Crippen LogP) is 1.27. The summed E-state index contributed by atoms with van der Waals surface area (Å²) < 4.78 is 1.70. The topological polar surface area (TPSA) is 57.3 Å². The molecular formula is C9H15N5. The van der Waals surface area contributed by atoms with Gasteiger partial charge in [-0.3, -0.25) is 10.1 Å². The molecule has 1 aromatic rings. The molecular weight excluding hydrogens is 178 g/mol. The molecule has 0 aliphatic carbocycles. The van der Waals surface area contributed by atoms with Gasteiger partial charge in [-0.05, 0) is 13.8 Å². The third kappa shape index (κ3) is 2.42. The van der Waals surface area contributed by atoms with E-state index < -0.39 is 0 Å². The molecule has 1 heterocycles. The van der Waals surface area contributed by atoms with Crippen LogP contribution in [0.3, 0.4) is 0 Å². The van der Waals surface area contributed by atoms with E-state index in [1.807, 2.05) is 27.1 Å². The van der Waals surface area contributed by atoms with Crippen molar-refractivity contribution in [2.45, 2.75) is 13.8 Å². The molecule has 0 radical (unpaired) electrons. The van der Waals surface area contributed by atoms with Crippen LogP contribution < -0.4 is 4.90 Å². The van der Waals surface area contributed by atoms with Crippen molar-refractivity contribution >= 4 is 17.4 Å². The molecule has 76 valence electrons. The molecule has 0 spiro atoms. The van der Waals surface area contributed by atoms with Gasteiger partial charge in [0.1, 0.15) is 0 Å². The van der Waals surface area contributed by atoms with E-state index in [9.17, 15) is 0 Å². The molecule has 0 aromatic carbocycles. The first-order chi connectivity index (χ1) is 6.50. The monoisotopic (exact) mass is 193 g/mol. The average Bonchev–Trinajstić information content (AvgIpc) is 2.49. The normalized spacial score (nSPS) is 9.71. The zero-order valence-electron chi connectivity index (χ0n) is 8.94. The second kappa shape index (κ2) is 4.04. The highest BCUT2D eigenvalue weighted by molar-refractivity contribution is 6.01. The highest BCUT2D eigenvalue weighted by Crippen LogP contribution is 2.10. The molecule has 0 saturated heterocycles. The number of aromatic nitrogens is 2. The molecule has 0 aliphatic heterocycles. The molecule has 0 bridgehead atoms. The molecule has 0 aliphatic rings. The highest BCUT2D eigenvalue weighted by atomic mass is 15.3. The van der Waals surface area contributed by atoms with Gasteiger partial charge in [0.25, 0.3) is 0 Å². The Labute approximate surface area is 83.6 Å². The smallest absolute Gasteiger partial charge is 0.222 e. The lowest BCUT2D eigenvalue weighted by molar-refractivity contribution is 0.767. The number of rotatable bonds is 1. The summed E-state index contributed by atoms with van der Waals surface area (Å²) in [6.45, 7) is 3.73. The maximum atomic E-state index is 7.67. The van der Waals surface area contributed by atoms with Gasteiger partial charge in [-0.25, -0.2) is 4.99 Å². The van der Waals surface area contributed by atoms with Crippen molar-refractivity contribution in [2.75, 3.05) is 11.9 Å². The largest absolute Gasteiger partial charge is 0.311 e. The van der Waals surface area contributed by atoms with Crippen LogP contribution in [0.5, 0.6) is 0 Å². The van der Waals surface area contributed by atoms with E-state index in [-0.39, 0.29) is 5.96 Å². The SMILES string of the molecule is CC(C)=NC(=N)N(C)c1cnn(C)c1. The van der Waals surface area contributed by atoms with Crippen LogP contribution in [0.25, 0.3) is 0 Å². The maximum Gasteiger partial charge on any atom is 0.222 e. The summed E-state index contributed by atoms with van der Waals surface area (Å²) >= 11 is 0. The molecule has 5 heteroatoms. The van der Waals surface area contributed by atoms with Crippen LogP contribution in [-0.2, 0) is 7.05 Å². The number of guanidine groups is 1. The zero-order valence-corrected chi connectivity index (χ0v) is 8.94. The van der Waals surface area contributed by atoms with Gasteiger partial charge in [0, 0.05) is 26.0 Å². The molecule has 5 nitrogen and oxygen atoms in total. The summed E-state index contributed by atoms with van der Waals surface area (Å²) in [5.74, 6) is 0.220. The Bertz CT molecular complexity index is 359. The Balaban J connectivity index is 2.80. The summed E-state index contributed by atoms with van der Waals surface area (Å²) in [6, 6.07) is 0. The second-order valence-electron chi connectivity index (χ2n) is 3.31. The van der Waals surface area contributed by atoms with Crippen molar-refractivity contribution < 1.29 is 0 Å². The van der Waals surface area contributed by atoms with Crippen molar-refractivity contribution in [3.63, 3.8) is 0 Å². The van der Waals surface area contributed by atoms with Crippen LogP contribution in [0, 0.1) is 5.41 Å². The number of nitrogens with one attached hydrogen (secondary N) is 1. The minimum absolute atomic E-state index is 0.220. The molecule has 1 aromatic heterocycles. The van der Waals surface area contributed by atoms with Gasteiger partial charge in [0.05, 0.1) is 11.9 Å². The quantitative estimate of drug-likeness (QED) is 0.539. The molecule has 0 atom stereocenters. The van der Waals surface area contributed by atoms with Crippen LogP contribution >= 0.6 is 0 Å². The molecule has 1 N–H and O–H groups in total. The van der Waals surface area contributed by atoms with Gasteiger partial charge in [-0.1, -0.05) is 0 Å². The van der Waals surface area contributed by atoms with E-state index >= 15 is 0 Å². The van der Waals surface area contributed by atoms with Crippen LogP contribution in [0.15, 0.2) is 17.4 Å². The molecule has 0 amide bonds. The summed E-state index contributed by atoms with van der Waals surface area (Å²) in [4.78, 5) is 5.73. The fourth-order valence-electron chi connectivity index (χ4n) is 0.991. The summed E-state index contributed by atoms with van der Waals surface area (Å²) in [5, 5.41) is 11.7. The second-order valence-corrected chi connectivity index (χ2v) is 3.31. The number of aryl methyl sites for hydroxylation is 1. The van der Waals surface area contributed by atoms with Crippen LogP contribution in [0.4, 0.5) is 5.69 Å². The predicted molar refractivity (Wildman–Crippen MR) is 58.1 cm³/mol. The van der Waals surface area contributed by atoms with Crippen LogP contribution in [-0.4, -0.2) is 28.5 Å². The number of aliphatic imine (C=N–C) groups is 1.